The first-order valence-electron chi connectivity index (χ1n) is 14.4. The van der Waals surface area contributed by atoms with Crippen LogP contribution in [0.1, 0.15) is 51.3 Å². The molecule has 3 N–H and O–H groups in total. The van der Waals surface area contributed by atoms with Gasteiger partial charge in [-0.15, -0.1) is 0 Å². The van der Waals surface area contributed by atoms with Gasteiger partial charge in [0.05, 0.1) is 12.1 Å². The maximum absolute atomic E-state index is 14.0. The Labute approximate surface area is 244 Å². The number of benzene rings is 2. The molecule has 0 fully saturated rings. The van der Waals surface area contributed by atoms with Crippen molar-refractivity contribution in [3.63, 3.8) is 0 Å². The Hall–Kier alpha value is -3.43. The Kier molecular flexibility index (Phi) is 11.7. The number of nitrogens with one attached hydrogen (secondary N) is 3. The normalized spacial score (nSPS) is 22.6. The van der Waals surface area contributed by atoms with Crippen LogP contribution in [-0.4, -0.2) is 74.6 Å². The highest BCUT2D eigenvalue weighted by Gasteiger charge is 2.38. The first kappa shape index (κ1) is 32.1. The lowest BCUT2D eigenvalue weighted by Crippen LogP contribution is -2.62. The van der Waals surface area contributed by atoms with Crippen LogP contribution < -0.4 is 20.7 Å². The summed E-state index contributed by atoms with van der Waals surface area (Å²) in [6, 6.07) is 14.8. The van der Waals surface area contributed by atoms with E-state index in [1.54, 1.807) is 7.11 Å². The van der Waals surface area contributed by atoms with Gasteiger partial charge in [-0.2, -0.15) is 0 Å². The fourth-order valence-corrected chi connectivity index (χ4v) is 5.02. The lowest BCUT2D eigenvalue weighted by Gasteiger charge is -2.34. The highest BCUT2D eigenvalue weighted by molar-refractivity contribution is 5.93. The lowest BCUT2D eigenvalue weighted by molar-refractivity contribution is -0.136. The van der Waals surface area contributed by atoms with Crippen LogP contribution in [0.25, 0.3) is 0 Å². The highest BCUT2D eigenvalue weighted by atomic mass is 16.5. The summed E-state index contributed by atoms with van der Waals surface area (Å²) in [5.74, 6) is -0.490. The molecule has 2 aliphatic rings. The minimum Gasteiger partial charge on any atom is -0.487 e. The number of likely N-dealkylation sites (N-methyl/N-ethyl adjacent to an activating group) is 1. The van der Waals surface area contributed by atoms with E-state index in [1.165, 1.54) is 0 Å². The number of hydrogen-bond acceptors (Lipinski definition) is 6. The van der Waals surface area contributed by atoms with E-state index in [1.807, 2.05) is 101 Å². The zero-order valence-electron chi connectivity index (χ0n) is 25.3. The van der Waals surface area contributed by atoms with Crippen molar-refractivity contribution in [2.45, 2.75) is 70.9 Å². The van der Waals surface area contributed by atoms with Crippen molar-refractivity contribution < 1.29 is 23.9 Å². The molecule has 9 nitrogen and oxygen atoms in total. The molecule has 2 aromatic carbocycles. The van der Waals surface area contributed by atoms with Gasteiger partial charge in [0.25, 0.3) is 0 Å². The molecule has 224 valence electrons. The molecule has 2 heterocycles. The third-order valence-electron chi connectivity index (χ3n) is 7.37. The molecule has 3 amide bonds. The largest absolute Gasteiger partial charge is 0.487 e. The molecule has 0 saturated carbocycles. The van der Waals surface area contributed by atoms with Crippen LogP contribution in [0.5, 0.6) is 5.75 Å². The average Bonchev–Trinajstić information content (AvgIpc) is 2.93. The Balaban J connectivity index is 2.00. The number of ether oxygens (including phenoxy) is 2. The second-order valence-corrected chi connectivity index (χ2v) is 11.7. The monoisotopic (exact) mass is 566 g/mol. The van der Waals surface area contributed by atoms with Crippen molar-refractivity contribution in [1.82, 2.24) is 20.9 Å². The van der Waals surface area contributed by atoms with Gasteiger partial charge in [-0.1, -0.05) is 70.2 Å². The molecule has 0 unspecified atom stereocenters. The minimum absolute atomic E-state index is 0.143. The standard InChI is InChI=1S/C32H46N4O5/c1-20(2)17-25-30(37)33-19-27(40-7)23-13-15-24(16-14-23)41-29(21(3)4)28(32(39)34-25)35-31(38)26(36(5)6)18-22-11-9-8-10-12-22/h8-16,20-21,25-29H,17-19H2,1-7H3,(H,33,37)(H,34,39)(H,35,38)/t25-,26-,27-,28-,29-/m0/s1. The number of methoxy groups -OCH3 is 1. The molecule has 5 atom stereocenters. The number of fused-ring (bicyclic) bond motifs is 11. The minimum atomic E-state index is -1.04. The molecular formula is C32H46N4O5. The maximum Gasteiger partial charge on any atom is 0.247 e. The summed E-state index contributed by atoms with van der Waals surface area (Å²) in [4.78, 5) is 42.9. The van der Waals surface area contributed by atoms with Crippen LogP contribution >= 0.6 is 0 Å². The first-order chi connectivity index (χ1) is 19.5. The van der Waals surface area contributed by atoms with Crippen LogP contribution in [0.4, 0.5) is 0 Å². The molecule has 9 heteroatoms. The van der Waals surface area contributed by atoms with Gasteiger partial charge in [0.1, 0.15) is 23.9 Å². The van der Waals surface area contributed by atoms with Crippen LogP contribution in [-0.2, 0) is 25.5 Å². The highest BCUT2D eigenvalue weighted by Crippen LogP contribution is 2.24. The van der Waals surface area contributed by atoms with E-state index in [4.69, 9.17) is 9.47 Å². The fourth-order valence-electron chi connectivity index (χ4n) is 5.02. The van der Waals surface area contributed by atoms with Crippen LogP contribution in [0.2, 0.25) is 0 Å². The smallest absolute Gasteiger partial charge is 0.247 e. The van der Waals surface area contributed by atoms with E-state index >= 15 is 0 Å². The van der Waals surface area contributed by atoms with Crippen LogP contribution in [0, 0.1) is 11.8 Å². The van der Waals surface area contributed by atoms with E-state index in [9.17, 15) is 14.4 Å². The SMILES string of the molecule is CO[C@H]1CNC(=O)[C@H](CC(C)C)NC(=O)[C@@H](NC(=O)[C@H](Cc2ccccc2)N(C)C)[C@H](C(C)C)Oc2ccc1cc2. The Morgan fingerprint density at radius 2 is 1.68 bits per heavy atom. The summed E-state index contributed by atoms with van der Waals surface area (Å²) >= 11 is 0. The molecule has 2 aliphatic heterocycles. The second-order valence-electron chi connectivity index (χ2n) is 11.7. The van der Waals surface area contributed by atoms with Crippen molar-refractivity contribution in [2.75, 3.05) is 27.7 Å². The van der Waals surface area contributed by atoms with Gasteiger partial charge in [-0.25, -0.2) is 0 Å². The van der Waals surface area contributed by atoms with E-state index < -0.39 is 30.1 Å². The van der Waals surface area contributed by atoms with Gasteiger partial charge in [-0.3, -0.25) is 19.3 Å². The van der Waals surface area contributed by atoms with Crippen molar-refractivity contribution in [3.05, 3.63) is 65.7 Å². The molecule has 0 aromatic heterocycles. The summed E-state index contributed by atoms with van der Waals surface area (Å²) in [5.41, 5.74) is 1.90. The van der Waals surface area contributed by atoms with Crippen molar-refractivity contribution in [1.29, 1.82) is 0 Å². The fraction of sp³-hybridized carbons (Fsp3) is 0.531. The van der Waals surface area contributed by atoms with E-state index in [0.717, 1.165) is 11.1 Å². The summed E-state index contributed by atoms with van der Waals surface area (Å²) in [5, 5.41) is 8.89. The molecule has 2 bridgehead atoms. The van der Waals surface area contributed by atoms with Crippen molar-refractivity contribution >= 4 is 17.7 Å². The molecule has 4 rings (SSSR count). The van der Waals surface area contributed by atoms with E-state index in [-0.39, 0.29) is 36.3 Å². The predicted molar refractivity (Wildman–Crippen MR) is 159 cm³/mol. The lowest BCUT2D eigenvalue weighted by atomic mass is 9.95. The summed E-state index contributed by atoms with van der Waals surface area (Å²) < 4.78 is 12.0. The Morgan fingerprint density at radius 1 is 1.02 bits per heavy atom. The maximum atomic E-state index is 14.0. The zero-order chi connectivity index (χ0) is 30.1. The van der Waals surface area contributed by atoms with Crippen LogP contribution in [0.3, 0.4) is 0 Å². The van der Waals surface area contributed by atoms with Gasteiger partial charge >= 0.3 is 0 Å². The Morgan fingerprint density at radius 3 is 2.24 bits per heavy atom. The van der Waals surface area contributed by atoms with Crippen LogP contribution in [0.15, 0.2) is 54.6 Å². The third-order valence-corrected chi connectivity index (χ3v) is 7.37. The number of amides is 3. The number of rotatable bonds is 9. The van der Waals surface area contributed by atoms with E-state index in [0.29, 0.717) is 18.6 Å². The van der Waals surface area contributed by atoms with Crippen molar-refractivity contribution in [3.8, 4) is 5.75 Å². The number of nitrogens with zero attached hydrogens (tertiary/aromatic N) is 1. The van der Waals surface area contributed by atoms with Gasteiger partial charge in [0.15, 0.2) is 0 Å². The average molecular weight is 567 g/mol. The van der Waals surface area contributed by atoms with Gasteiger partial charge < -0.3 is 25.4 Å². The molecule has 0 saturated heterocycles. The summed E-state index contributed by atoms with van der Waals surface area (Å²) in [7, 11) is 5.28. The Bertz CT molecular complexity index is 1140. The molecule has 0 spiro atoms. The molecule has 0 aliphatic carbocycles. The molecule has 2 aromatic rings. The molecule has 0 radical (unpaired) electrons. The summed E-state index contributed by atoms with van der Waals surface area (Å²) in [6.45, 7) is 8.13. The number of carbonyl (C=O) groups is 3. The number of hydrogen-bond donors (Lipinski definition) is 3. The first-order valence-corrected chi connectivity index (χ1v) is 14.4. The van der Waals surface area contributed by atoms with Gasteiger partial charge in [-0.05, 0) is 62.0 Å². The molecular weight excluding hydrogens is 520 g/mol. The summed E-state index contributed by atoms with van der Waals surface area (Å²) in [6.07, 6.45) is -0.146. The van der Waals surface area contributed by atoms with Crippen molar-refractivity contribution in [2.24, 2.45) is 11.8 Å². The zero-order valence-corrected chi connectivity index (χ0v) is 25.3. The quantitative estimate of drug-likeness (QED) is 0.431. The second kappa shape index (κ2) is 15.0. The topological polar surface area (TPSA) is 109 Å². The third kappa shape index (κ3) is 9.03. The molecule has 41 heavy (non-hydrogen) atoms. The van der Waals surface area contributed by atoms with Gasteiger partial charge in [0.2, 0.25) is 17.7 Å². The van der Waals surface area contributed by atoms with E-state index in [2.05, 4.69) is 16.0 Å². The predicted octanol–water partition coefficient (Wildman–Crippen LogP) is 3.10. The number of carbonyl (C=O) groups excluding carboxylic acids is 3. The van der Waals surface area contributed by atoms with Gasteiger partial charge in [0, 0.05) is 13.7 Å².